The molecule has 100 valence electrons. The summed E-state index contributed by atoms with van der Waals surface area (Å²) in [6, 6.07) is 3.16. The monoisotopic (exact) mass is 287 g/mol. The molecule has 0 atom stereocenters. The third-order valence-corrected chi connectivity index (χ3v) is 5.40. The van der Waals surface area contributed by atoms with Gasteiger partial charge in [-0.15, -0.1) is 0 Å². The zero-order chi connectivity index (χ0) is 13.0. The number of nitrogens with two attached hydrogens (primary N) is 1. The minimum Gasteiger partial charge on any atom is -0.396 e. The van der Waals surface area contributed by atoms with E-state index in [1.807, 2.05) is 11.8 Å². The number of nitrogen functional groups attached to an aromatic ring is 1. The van der Waals surface area contributed by atoms with Gasteiger partial charge in [-0.25, -0.2) is 18.1 Å². The van der Waals surface area contributed by atoms with Crippen LogP contribution in [0, 0.1) is 5.92 Å². The molecule has 3 N–H and O–H groups in total. The van der Waals surface area contributed by atoms with Crippen molar-refractivity contribution in [2.75, 3.05) is 23.8 Å². The molecule has 18 heavy (non-hydrogen) atoms. The van der Waals surface area contributed by atoms with Crippen molar-refractivity contribution in [3.63, 3.8) is 0 Å². The number of rotatable bonds is 4. The number of anilines is 1. The summed E-state index contributed by atoms with van der Waals surface area (Å²) >= 11 is 1.92. The van der Waals surface area contributed by atoms with Crippen LogP contribution in [-0.4, -0.2) is 31.5 Å². The van der Waals surface area contributed by atoms with Crippen LogP contribution in [0.1, 0.15) is 12.8 Å². The van der Waals surface area contributed by atoms with Crippen LogP contribution in [0.25, 0.3) is 0 Å². The van der Waals surface area contributed by atoms with E-state index in [1.165, 1.54) is 6.20 Å². The van der Waals surface area contributed by atoms with E-state index < -0.39 is 10.0 Å². The Kier molecular flexibility index (Phi) is 4.47. The van der Waals surface area contributed by atoms with Crippen LogP contribution >= 0.6 is 11.8 Å². The number of sulfonamides is 1. The molecule has 2 rings (SSSR count). The van der Waals surface area contributed by atoms with Crippen LogP contribution in [0.3, 0.4) is 0 Å². The smallest absolute Gasteiger partial charge is 0.260 e. The molecule has 0 amide bonds. The second-order valence-corrected chi connectivity index (χ2v) is 7.21. The highest BCUT2D eigenvalue weighted by Gasteiger charge is 2.21. The predicted octanol–water partition coefficient (Wildman–Crippen LogP) is 1.09. The lowest BCUT2D eigenvalue weighted by atomic mass is 10.0. The fraction of sp³-hybridized carbons (Fsp3) is 0.545. The van der Waals surface area contributed by atoms with Crippen molar-refractivity contribution in [1.29, 1.82) is 0 Å². The van der Waals surface area contributed by atoms with Crippen molar-refractivity contribution in [3.8, 4) is 0 Å². The maximum atomic E-state index is 12.0. The first-order valence-electron chi connectivity index (χ1n) is 5.87. The summed E-state index contributed by atoms with van der Waals surface area (Å²) < 4.78 is 26.7. The van der Waals surface area contributed by atoms with Crippen LogP contribution in [0.15, 0.2) is 23.4 Å². The van der Waals surface area contributed by atoms with Gasteiger partial charge in [-0.05, 0) is 42.4 Å². The molecule has 1 aliphatic rings. The van der Waals surface area contributed by atoms with Gasteiger partial charge in [0.25, 0.3) is 10.0 Å². The Labute approximate surface area is 112 Å². The number of hydrogen-bond donors (Lipinski definition) is 2. The average molecular weight is 287 g/mol. The van der Waals surface area contributed by atoms with Gasteiger partial charge < -0.3 is 5.73 Å². The van der Waals surface area contributed by atoms with Gasteiger partial charge in [0.05, 0.1) is 5.69 Å². The quantitative estimate of drug-likeness (QED) is 0.865. The maximum Gasteiger partial charge on any atom is 0.260 e. The highest BCUT2D eigenvalue weighted by molar-refractivity contribution is 7.99. The van der Waals surface area contributed by atoms with Gasteiger partial charge in [-0.3, -0.25) is 0 Å². The average Bonchev–Trinajstić information content (AvgIpc) is 2.38. The van der Waals surface area contributed by atoms with Gasteiger partial charge in [-0.2, -0.15) is 11.8 Å². The largest absolute Gasteiger partial charge is 0.396 e. The number of pyridine rings is 1. The first-order chi connectivity index (χ1) is 8.59. The molecule has 1 fully saturated rings. The highest BCUT2D eigenvalue weighted by atomic mass is 32.2. The summed E-state index contributed by atoms with van der Waals surface area (Å²) in [5.41, 5.74) is 5.81. The summed E-state index contributed by atoms with van der Waals surface area (Å²) in [7, 11) is -3.58. The lowest BCUT2D eigenvalue weighted by Crippen LogP contribution is -2.32. The molecule has 0 bridgehead atoms. The minimum absolute atomic E-state index is 0.0739. The Hall–Kier alpha value is -0.790. The molecule has 1 aromatic rings. The molecule has 0 saturated carbocycles. The summed E-state index contributed by atoms with van der Waals surface area (Å²) in [4.78, 5) is 3.83. The van der Waals surface area contributed by atoms with E-state index in [0.29, 0.717) is 12.5 Å². The summed E-state index contributed by atoms with van der Waals surface area (Å²) in [5.74, 6) is 2.64. The molecular formula is C11H17N3O2S2. The van der Waals surface area contributed by atoms with Crippen molar-refractivity contribution in [1.82, 2.24) is 9.71 Å². The number of hydrogen-bond acceptors (Lipinski definition) is 5. The first-order valence-corrected chi connectivity index (χ1v) is 8.51. The van der Waals surface area contributed by atoms with E-state index in [2.05, 4.69) is 9.71 Å². The first kappa shape index (κ1) is 13.6. The maximum absolute atomic E-state index is 12.0. The van der Waals surface area contributed by atoms with Crippen LogP contribution in [0.5, 0.6) is 0 Å². The van der Waals surface area contributed by atoms with Gasteiger partial charge in [0.1, 0.15) is 0 Å². The van der Waals surface area contributed by atoms with Crippen molar-refractivity contribution in [2.45, 2.75) is 17.9 Å². The van der Waals surface area contributed by atoms with Gasteiger partial charge >= 0.3 is 0 Å². The van der Waals surface area contributed by atoms with Crippen molar-refractivity contribution < 1.29 is 8.42 Å². The second-order valence-electron chi connectivity index (χ2n) is 4.31. The molecule has 7 heteroatoms. The fourth-order valence-corrected chi connectivity index (χ4v) is 4.25. The van der Waals surface area contributed by atoms with Crippen LogP contribution in [0.4, 0.5) is 5.69 Å². The lowest BCUT2D eigenvalue weighted by Gasteiger charge is -2.21. The lowest BCUT2D eigenvalue weighted by molar-refractivity contribution is 0.476. The Morgan fingerprint density at radius 2 is 2.17 bits per heavy atom. The van der Waals surface area contributed by atoms with Crippen molar-refractivity contribution in [3.05, 3.63) is 18.3 Å². The molecule has 2 heterocycles. The Bertz CT molecular complexity index is 499. The normalized spacial score (nSPS) is 17.8. The fourth-order valence-electron chi connectivity index (χ4n) is 1.87. The van der Waals surface area contributed by atoms with Gasteiger partial charge in [0, 0.05) is 12.7 Å². The summed E-state index contributed by atoms with van der Waals surface area (Å²) in [6.07, 6.45) is 3.55. The van der Waals surface area contributed by atoms with E-state index in [0.717, 1.165) is 24.3 Å². The van der Waals surface area contributed by atoms with E-state index in [1.54, 1.807) is 12.1 Å². The third-order valence-electron chi connectivity index (χ3n) is 2.96. The SMILES string of the molecule is Nc1cccnc1S(=O)(=O)NCC1CCSCC1. The minimum atomic E-state index is -3.58. The van der Waals surface area contributed by atoms with Crippen LogP contribution in [-0.2, 0) is 10.0 Å². The van der Waals surface area contributed by atoms with E-state index in [-0.39, 0.29) is 10.7 Å². The van der Waals surface area contributed by atoms with Gasteiger partial charge in [0.15, 0.2) is 5.03 Å². The zero-order valence-electron chi connectivity index (χ0n) is 10.0. The molecule has 0 radical (unpaired) electrons. The number of thioether (sulfide) groups is 1. The van der Waals surface area contributed by atoms with Gasteiger partial charge in [0.2, 0.25) is 0 Å². The molecule has 1 saturated heterocycles. The molecule has 0 unspecified atom stereocenters. The standard InChI is InChI=1S/C11H17N3O2S2/c12-10-2-1-5-13-11(10)18(15,16)14-8-9-3-6-17-7-4-9/h1-2,5,9,14H,3-4,6-8,12H2. The van der Waals surface area contributed by atoms with Crippen molar-refractivity contribution >= 4 is 27.5 Å². The number of nitrogens with one attached hydrogen (secondary N) is 1. The molecular weight excluding hydrogens is 270 g/mol. The molecule has 0 spiro atoms. The molecule has 5 nitrogen and oxygen atoms in total. The Morgan fingerprint density at radius 1 is 1.44 bits per heavy atom. The predicted molar refractivity (Wildman–Crippen MR) is 73.9 cm³/mol. The summed E-state index contributed by atoms with van der Waals surface area (Å²) in [5, 5.41) is -0.0739. The van der Waals surface area contributed by atoms with E-state index in [4.69, 9.17) is 5.73 Å². The van der Waals surface area contributed by atoms with E-state index >= 15 is 0 Å². The van der Waals surface area contributed by atoms with E-state index in [9.17, 15) is 8.42 Å². The zero-order valence-corrected chi connectivity index (χ0v) is 11.6. The Morgan fingerprint density at radius 3 is 2.83 bits per heavy atom. The third kappa shape index (κ3) is 3.37. The van der Waals surface area contributed by atoms with Crippen LogP contribution in [0.2, 0.25) is 0 Å². The Balaban J connectivity index is 2.01. The number of nitrogens with zero attached hydrogens (tertiary/aromatic N) is 1. The molecule has 1 aromatic heterocycles. The summed E-state index contributed by atoms with van der Waals surface area (Å²) in [6.45, 7) is 0.471. The van der Waals surface area contributed by atoms with Gasteiger partial charge in [-0.1, -0.05) is 0 Å². The van der Waals surface area contributed by atoms with Crippen LogP contribution < -0.4 is 10.5 Å². The molecule has 0 aliphatic carbocycles. The molecule has 1 aliphatic heterocycles. The molecule has 0 aromatic carbocycles. The number of aromatic nitrogens is 1. The topological polar surface area (TPSA) is 85.1 Å². The highest BCUT2D eigenvalue weighted by Crippen LogP contribution is 2.22. The second kappa shape index (κ2) is 5.90. The van der Waals surface area contributed by atoms with Crippen molar-refractivity contribution in [2.24, 2.45) is 5.92 Å².